The Balaban J connectivity index is 1.72. The van der Waals surface area contributed by atoms with E-state index in [-0.39, 0.29) is 0 Å². The summed E-state index contributed by atoms with van der Waals surface area (Å²) in [6.07, 6.45) is 3.27. The molecule has 1 fully saturated rings. The Kier molecular flexibility index (Phi) is 3.79. The van der Waals surface area contributed by atoms with Crippen molar-refractivity contribution in [2.75, 3.05) is 5.75 Å². The van der Waals surface area contributed by atoms with Crippen LogP contribution in [0.2, 0.25) is 0 Å². The molecule has 0 radical (unpaired) electrons. The molecule has 1 heterocycles. The van der Waals surface area contributed by atoms with Gasteiger partial charge in [0.05, 0.1) is 0 Å². The van der Waals surface area contributed by atoms with E-state index >= 15 is 0 Å². The van der Waals surface area contributed by atoms with Crippen LogP contribution in [0.25, 0.3) is 0 Å². The second-order valence-corrected chi connectivity index (χ2v) is 6.93. The third-order valence-corrected chi connectivity index (χ3v) is 5.24. The van der Waals surface area contributed by atoms with Gasteiger partial charge in [0.1, 0.15) is 5.03 Å². The van der Waals surface area contributed by atoms with Crippen molar-refractivity contribution in [1.29, 1.82) is 0 Å². The predicted octanol–water partition coefficient (Wildman–Crippen LogP) is 4.24. The van der Waals surface area contributed by atoms with Gasteiger partial charge in [-0.05, 0) is 57.1 Å². The number of hydrogen-bond donors (Lipinski definition) is 0. The molecular formula is C10H12BrNS2. The second kappa shape index (κ2) is 4.90. The molecule has 2 unspecified atom stereocenters. The van der Waals surface area contributed by atoms with Crippen LogP contribution in [0.3, 0.4) is 0 Å². The molecule has 1 aromatic rings. The molecule has 0 amide bonds. The van der Waals surface area contributed by atoms with E-state index in [9.17, 15) is 0 Å². The van der Waals surface area contributed by atoms with Gasteiger partial charge in [-0.3, -0.25) is 0 Å². The molecule has 2 atom stereocenters. The van der Waals surface area contributed by atoms with Crippen LogP contribution in [0.1, 0.15) is 13.3 Å². The molecule has 14 heavy (non-hydrogen) atoms. The minimum atomic E-state index is 0.959. The molecule has 1 nitrogen and oxygen atoms in total. The molecule has 0 aromatic carbocycles. The lowest BCUT2D eigenvalue weighted by Crippen LogP contribution is -1.81. The highest BCUT2D eigenvalue weighted by molar-refractivity contribution is 9.10. The van der Waals surface area contributed by atoms with Crippen LogP contribution in [-0.4, -0.2) is 10.7 Å². The standard InChI is InChI=1S/C10H12BrNS2/c1-7-4-8(7)6-13-14-10-3-2-9(11)5-12-10/h2-3,5,7-8H,4,6H2,1H3. The Bertz CT molecular complexity index is 301. The van der Waals surface area contributed by atoms with Gasteiger partial charge in [-0.2, -0.15) is 0 Å². The van der Waals surface area contributed by atoms with Crippen molar-refractivity contribution in [2.24, 2.45) is 11.8 Å². The van der Waals surface area contributed by atoms with Gasteiger partial charge >= 0.3 is 0 Å². The van der Waals surface area contributed by atoms with Crippen molar-refractivity contribution >= 4 is 37.5 Å². The molecule has 2 rings (SSSR count). The summed E-state index contributed by atoms with van der Waals surface area (Å²) in [5, 5.41) is 1.10. The number of hydrogen-bond acceptors (Lipinski definition) is 3. The van der Waals surface area contributed by atoms with Crippen LogP contribution < -0.4 is 0 Å². The summed E-state index contributed by atoms with van der Waals surface area (Å²) in [6.45, 7) is 2.33. The Morgan fingerprint density at radius 3 is 2.93 bits per heavy atom. The van der Waals surface area contributed by atoms with Crippen molar-refractivity contribution in [1.82, 2.24) is 4.98 Å². The highest BCUT2D eigenvalue weighted by Gasteiger charge is 2.31. The molecule has 0 aliphatic heterocycles. The van der Waals surface area contributed by atoms with E-state index in [4.69, 9.17) is 0 Å². The zero-order valence-electron chi connectivity index (χ0n) is 7.94. The largest absolute Gasteiger partial charge is 0.248 e. The smallest absolute Gasteiger partial charge is 0.107 e. The first-order valence-corrected chi connectivity index (χ1v) is 7.78. The van der Waals surface area contributed by atoms with Crippen molar-refractivity contribution in [3.63, 3.8) is 0 Å². The molecule has 0 bridgehead atoms. The van der Waals surface area contributed by atoms with Crippen molar-refractivity contribution in [3.05, 3.63) is 22.8 Å². The third-order valence-electron chi connectivity index (χ3n) is 2.40. The van der Waals surface area contributed by atoms with E-state index in [0.29, 0.717) is 0 Å². The lowest BCUT2D eigenvalue weighted by molar-refractivity contribution is 0.847. The normalized spacial score (nSPS) is 25.0. The molecule has 1 saturated carbocycles. The summed E-state index contributed by atoms with van der Waals surface area (Å²) in [4.78, 5) is 4.31. The molecule has 76 valence electrons. The summed E-state index contributed by atoms with van der Waals surface area (Å²) in [7, 11) is 3.71. The SMILES string of the molecule is CC1CC1CSSc1ccc(Br)cn1. The van der Waals surface area contributed by atoms with Gasteiger partial charge in [0.2, 0.25) is 0 Å². The van der Waals surface area contributed by atoms with Crippen LogP contribution in [0, 0.1) is 11.8 Å². The van der Waals surface area contributed by atoms with E-state index < -0.39 is 0 Å². The monoisotopic (exact) mass is 289 g/mol. The average molecular weight is 290 g/mol. The zero-order chi connectivity index (χ0) is 9.97. The van der Waals surface area contributed by atoms with Gasteiger partial charge in [-0.25, -0.2) is 4.98 Å². The first-order chi connectivity index (χ1) is 6.75. The van der Waals surface area contributed by atoms with Crippen molar-refractivity contribution in [2.45, 2.75) is 18.4 Å². The first-order valence-electron chi connectivity index (χ1n) is 4.67. The van der Waals surface area contributed by atoms with Crippen LogP contribution in [0.5, 0.6) is 0 Å². The van der Waals surface area contributed by atoms with E-state index in [2.05, 4.69) is 33.9 Å². The maximum absolute atomic E-state index is 4.31. The lowest BCUT2D eigenvalue weighted by atomic mass is 10.4. The summed E-state index contributed by atoms with van der Waals surface area (Å²) in [5.74, 6) is 3.19. The molecule has 0 saturated heterocycles. The lowest BCUT2D eigenvalue weighted by Gasteiger charge is -1.99. The topological polar surface area (TPSA) is 12.9 Å². The van der Waals surface area contributed by atoms with Crippen LogP contribution in [-0.2, 0) is 0 Å². The molecular weight excluding hydrogens is 278 g/mol. The van der Waals surface area contributed by atoms with Crippen LogP contribution >= 0.6 is 37.5 Å². The first kappa shape index (κ1) is 10.8. The summed E-state index contributed by atoms with van der Waals surface area (Å²) in [6, 6.07) is 4.09. The van der Waals surface area contributed by atoms with Crippen LogP contribution in [0.15, 0.2) is 27.8 Å². The predicted molar refractivity (Wildman–Crippen MR) is 67.5 cm³/mol. The molecule has 0 N–H and O–H groups in total. The van der Waals surface area contributed by atoms with E-state index in [1.807, 2.05) is 23.1 Å². The molecule has 4 heteroatoms. The Labute approximate surface area is 101 Å². The van der Waals surface area contributed by atoms with Gasteiger partial charge in [0.15, 0.2) is 0 Å². The number of rotatable bonds is 4. The third kappa shape index (κ3) is 3.17. The fourth-order valence-corrected chi connectivity index (χ4v) is 3.89. The fourth-order valence-electron chi connectivity index (χ4n) is 1.22. The minimum absolute atomic E-state index is 0.959. The Morgan fingerprint density at radius 1 is 1.57 bits per heavy atom. The molecule has 1 aromatic heterocycles. The zero-order valence-corrected chi connectivity index (χ0v) is 11.2. The molecule has 0 spiro atoms. The number of halogens is 1. The number of aromatic nitrogens is 1. The van der Waals surface area contributed by atoms with E-state index in [1.54, 1.807) is 10.8 Å². The second-order valence-electron chi connectivity index (χ2n) is 3.66. The summed E-state index contributed by atoms with van der Waals surface area (Å²) in [5.41, 5.74) is 0. The number of nitrogens with zero attached hydrogens (tertiary/aromatic N) is 1. The highest BCUT2D eigenvalue weighted by atomic mass is 79.9. The van der Waals surface area contributed by atoms with Gasteiger partial charge in [-0.1, -0.05) is 17.7 Å². The van der Waals surface area contributed by atoms with Gasteiger partial charge in [0, 0.05) is 16.4 Å². The average Bonchev–Trinajstić information content (AvgIpc) is 2.86. The Morgan fingerprint density at radius 2 is 2.36 bits per heavy atom. The molecule has 1 aliphatic rings. The number of pyridine rings is 1. The highest BCUT2D eigenvalue weighted by Crippen LogP contribution is 2.43. The van der Waals surface area contributed by atoms with Gasteiger partial charge in [-0.15, -0.1) is 0 Å². The van der Waals surface area contributed by atoms with Crippen LogP contribution in [0.4, 0.5) is 0 Å². The van der Waals surface area contributed by atoms with Crippen molar-refractivity contribution in [3.8, 4) is 0 Å². The minimum Gasteiger partial charge on any atom is -0.248 e. The van der Waals surface area contributed by atoms with Gasteiger partial charge < -0.3 is 0 Å². The summed E-state index contributed by atoms with van der Waals surface area (Å²) >= 11 is 3.38. The van der Waals surface area contributed by atoms with Gasteiger partial charge in [0.25, 0.3) is 0 Å². The maximum atomic E-state index is 4.31. The fraction of sp³-hybridized carbons (Fsp3) is 0.500. The van der Waals surface area contributed by atoms with Crippen molar-refractivity contribution < 1.29 is 0 Å². The van der Waals surface area contributed by atoms with E-state index in [0.717, 1.165) is 21.3 Å². The quantitative estimate of drug-likeness (QED) is 0.770. The maximum Gasteiger partial charge on any atom is 0.107 e. The summed E-state index contributed by atoms with van der Waals surface area (Å²) < 4.78 is 1.04. The molecule has 1 aliphatic carbocycles. The van der Waals surface area contributed by atoms with E-state index in [1.165, 1.54) is 12.2 Å². The Hall–Kier alpha value is 0.330.